The first kappa shape index (κ1) is 19.6. The molecule has 146 valence electrons. The average Bonchev–Trinajstić information content (AvgIpc) is 2.97. The van der Waals surface area contributed by atoms with Gasteiger partial charge in [-0.25, -0.2) is 0 Å². The van der Waals surface area contributed by atoms with Gasteiger partial charge in [0, 0.05) is 17.5 Å². The van der Waals surface area contributed by atoms with Crippen LogP contribution in [0.3, 0.4) is 0 Å². The highest BCUT2D eigenvalue weighted by Gasteiger charge is 2.18. The Kier molecular flexibility index (Phi) is 6.09. The molecule has 0 bridgehead atoms. The lowest BCUT2D eigenvalue weighted by atomic mass is 10.1. The van der Waals surface area contributed by atoms with Gasteiger partial charge in [0.2, 0.25) is 5.88 Å². The van der Waals surface area contributed by atoms with E-state index in [1.807, 2.05) is 35.8 Å². The van der Waals surface area contributed by atoms with Crippen molar-refractivity contribution in [2.45, 2.75) is 39.7 Å². The van der Waals surface area contributed by atoms with Crippen LogP contribution in [-0.4, -0.2) is 22.7 Å². The normalized spacial score (nSPS) is 11.4. The molecule has 0 aliphatic heterocycles. The number of aryl methyl sites for hydroxylation is 2. The van der Waals surface area contributed by atoms with Crippen LogP contribution < -0.4 is 4.74 Å². The highest BCUT2D eigenvalue weighted by Crippen LogP contribution is 2.40. The van der Waals surface area contributed by atoms with Crippen molar-refractivity contribution in [2.24, 2.45) is 10.2 Å². The second-order valence-corrected chi connectivity index (χ2v) is 6.79. The molecule has 1 amide bonds. The minimum atomic E-state index is -0.450. The zero-order chi connectivity index (χ0) is 20.1. The third kappa shape index (κ3) is 4.06. The fourth-order valence-electron chi connectivity index (χ4n) is 3.12. The van der Waals surface area contributed by atoms with Gasteiger partial charge in [-0.2, -0.15) is 0 Å². The third-order valence-corrected chi connectivity index (χ3v) is 4.74. The van der Waals surface area contributed by atoms with Crippen molar-refractivity contribution in [1.82, 2.24) is 4.57 Å². The van der Waals surface area contributed by atoms with Gasteiger partial charge >= 0.3 is 0 Å². The van der Waals surface area contributed by atoms with Crippen LogP contribution in [0.5, 0.6) is 11.6 Å². The average molecular weight is 379 g/mol. The summed E-state index contributed by atoms with van der Waals surface area (Å²) in [6, 6.07) is 12.7. The summed E-state index contributed by atoms with van der Waals surface area (Å²) < 4.78 is 7.12. The zero-order valence-corrected chi connectivity index (χ0v) is 16.5. The maximum absolute atomic E-state index is 12.3. The molecule has 3 aromatic rings. The fraction of sp³-hybridized carbons (Fsp3) is 0.318. The number of rotatable bonds is 7. The van der Waals surface area contributed by atoms with E-state index in [-0.39, 0.29) is 11.6 Å². The Hall–Kier alpha value is -3.15. The summed E-state index contributed by atoms with van der Waals surface area (Å²) in [6.07, 6.45) is 3.10. The summed E-state index contributed by atoms with van der Waals surface area (Å²) in [5.41, 5.74) is 2.64. The number of amides is 1. The summed E-state index contributed by atoms with van der Waals surface area (Å²) in [4.78, 5) is 12.3. The van der Waals surface area contributed by atoms with Crippen LogP contribution >= 0.6 is 0 Å². The van der Waals surface area contributed by atoms with Crippen molar-refractivity contribution in [1.29, 1.82) is 0 Å². The number of ether oxygens (including phenoxy) is 1. The summed E-state index contributed by atoms with van der Waals surface area (Å²) >= 11 is 0. The van der Waals surface area contributed by atoms with Gasteiger partial charge in [0.1, 0.15) is 5.75 Å². The lowest BCUT2D eigenvalue weighted by Crippen LogP contribution is -1.97. The van der Waals surface area contributed by atoms with E-state index >= 15 is 0 Å². The lowest BCUT2D eigenvalue weighted by Gasteiger charge is -2.06. The van der Waals surface area contributed by atoms with E-state index in [2.05, 4.69) is 17.2 Å². The Bertz CT molecular complexity index is 1000. The molecule has 0 saturated carbocycles. The molecule has 0 fully saturated rings. The van der Waals surface area contributed by atoms with Gasteiger partial charge < -0.3 is 14.4 Å². The molecule has 2 aromatic carbocycles. The van der Waals surface area contributed by atoms with Crippen LogP contribution in [0.25, 0.3) is 10.9 Å². The van der Waals surface area contributed by atoms with E-state index in [1.54, 1.807) is 25.3 Å². The van der Waals surface area contributed by atoms with Crippen LogP contribution in [-0.2, 0) is 6.54 Å². The van der Waals surface area contributed by atoms with Gasteiger partial charge in [0.05, 0.1) is 12.6 Å². The predicted molar refractivity (Wildman–Crippen MR) is 110 cm³/mol. The molecule has 1 N–H and O–H groups in total. The molecule has 3 rings (SSSR count). The van der Waals surface area contributed by atoms with Crippen molar-refractivity contribution in [3.05, 3.63) is 53.6 Å². The molecule has 0 radical (unpaired) electrons. The van der Waals surface area contributed by atoms with Gasteiger partial charge in [0.15, 0.2) is 5.69 Å². The zero-order valence-electron chi connectivity index (χ0n) is 16.5. The number of benzene rings is 2. The number of nitrogens with zero attached hydrogens (tertiary/aromatic N) is 3. The predicted octanol–water partition coefficient (Wildman–Crippen LogP) is 5.78. The van der Waals surface area contributed by atoms with Crippen LogP contribution in [0.4, 0.5) is 5.69 Å². The number of hydrogen-bond donors (Lipinski definition) is 1. The summed E-state index contributed by atoms with van der Waals surface area (Å²) in [7, 11) is 1.58. The molecule has 6 heteroatoms. The van der Waals surface area contributed by atoms with Crippen LogP contribution in [0.2, 0.25) is 0 Å². The fourth-order valence-corrected chi connectivity index (χ4v) is 3.12. The number of fused-ring (bicyclic) bond motifs is 1. The monoisotopic (exact) mass is 379 g/mol. The van der Waals surface area contributed by atoms with Crippen molar-refractivity contribution in [2.75, 3.05) is 7.11 Å². The van der Waals surface area contributed by atoms with Gasteiger partial charge in [-0.1, -0.05) is 37.5 Å². The quantitative estimate of drug-likeness (QED) is 0.418. The maximum atomic E-state index is 12.3. The Morgan fingerprint density at radius 2 is 1.89 bits per heavy atom. The minimum Gasteiger partial charge on any atom is -0.497 e. The molecule has 0 atom stereocenters. The number of aromatic hydroxyl groups is 1. The first-order chi connectivity index (χ1) is 13.5. The van der Waals surface area contributed by atoms with Crippen molar-refractivity contribution < 1.29 is 14.6 Å². The Morgan fingerprint density at radius 3 is 2.57 bits per heavy atom. The van der Waals surface area contributed by atoms with Crippen molar-refractivity contribution >= 4 is 22.5 Å². The van der Waals surface area contributed by atoms with E-state index in [4.69, 9.17) is 4.74 Å². The molecule has 1 heterocycles. The topological polar surface area (TPSA) is 76.2 Å². The van der Waals surface area contributed by atoms with Crippen molar-refractivity contribution in [3.8, 4) is 11.6 Å². The lowest BCUT2D eigenvalue weighted by molar-refractivity contribution is 0.0995. The Morgan fingerprint density at radius 1 is 1.14 bits per heavy atom. The highest BCUT2D eigenvalue weighted by atomic mass is 16.5. The molecule has 1 aromatic heterocycles. The summed E-state index contributed by atoms with van der Waals surface area (Å²) in [6.45, 7) is 4.76. The van der Waals surface area contributed by atoms with Crippen LogP contribution in [0.15, 0.2) is 52.7 Å². The van der Waals surface area contributed by atoms with E-state index in [1.165, 1.54) is 0 Å². The Balaban J connectivity index is 1.99. The van der Waals surface area contributed by atoms with Crippen molar-refractivity contribution in [3.63, 3.8) is 0 Å². The number of carbonyl (C=O) groups is 1. The van der Waals surface area contributed by atoms with Gasteiger partial charge in [-0.3, -0.25) is 4.79 Å². The molecule has 6 nitrogen and oxygen atoms in total. The highest BCUT2D eigenvalue weighted by molar-refractivity contribution is 5.98. The number of methoxy groups -OCH3 is 1. The molecule has 28 heavy (non-hydrogen) atoms. The molecule has 0 spiro atoms. The smallest absolute Gasteiger partial charge is 0.295 e. The molecule has 0 aliphatic rings. The van der Waals surface area contributed by atoms with Gasteiger partial charge in [0.25, 0.3) is 5.91 Å². The van der Waals surface area contributed by atoms with E-state index < -0.39 is 5.91 Å². The Labute approximate surface area is 164 Å². The standard InChI is InChI=1S/C22H25N3O3/c1-4-5-6-13-25-19-12-11-17(28-3)14-18(19)20(22(25)27)23-24-21(26)16-9-7-15(2)8-10-16/h7-12,14,27H,4-6,13H2,1-3H3. The first-order valence-electron chi connectivity index (χ1n) is 9.47. The largest absolute Gasteiger partial charge is 0.497 e. The second-order valence-electron chi connectivity index (χ2n) is 6.79. The molecule has 0 saturated heterocycles. The SMILES string of the molecule is CCCCCn1c(O)c(N=NC(=O)c2ccc(C)cc2)c2cc(OC)ccc21. The number of carbonyl (C=O) groups excluding carboxylic acids is 1. The number of aromatic nitrogens is 1. The molecule has 0 aliphatic carbocycles. The third-order valence-electron chi connectivity index (χ3n) is 4.74. The first-order valence-corrected chi connectivity index (χ1v) is 9.47. The van der Waals surface area contributed by atoms with E-state index in [0.717, 1.165) is 30.3 Å². The molecular weight excluding hydrogens is 354 g/mol. The molecule has 0 unspecified atom stereocenters. The number of azo groups is 1. The number of unbranched alkanes of at least 4 members (excludes halogenated alkanes) is 2. The second kappa shape index (κ2) is 8.69. The van der Waals surface area contributed by atoms with E-state index in [9.17, 15) is 9.90 Å². The maximum Gasteiger partial charge on any atom is 0.295 e. The van der Waals surface area contributed by atoms with Gasteiger partial charge in [-0.15, -0.1) is 10.2 Å². The molecular formula is C22H25N3O3. The van der Waals surface area contributed by atoms with Gasteiger partial charge in [-0.05, 0) is 43.7 Å². The van der Waals surface area contributed by atoms with Crippen LogP contribution in [0, 0.1) is 6.92 Å². The minimum absolute atomic E-state index is 0.0137. The summed E-state index contributed by atoms with van der Waals surface area (Å²) in [5, 5.41) is 19.4. The number of hydrogen-bond acceptors (Lipinski definition) is 4. The van der Waals surface area contributed by atoms with E-state index in [0.29, 0.717) is 23.2 Å². The van der Waals surface area contributed by atoms with Crippen LogP contribution in [0.1, 0.15) is 42.1 Å². The summed E-state index contributed by atoms with van der Waals surface area (Å²) in [5.74, 6) is 0.216.